The van der Waals surface area contributed by atoms with Crippen LogP contribution in [-0.2, 0) is 25.5 Å². The monoisotopic (exact) mass is 371 g/mol. The lowest BCUT2D eigenvalue weighted by Gasteiger charge is -2.30. The molecule has 3 heterocycles. The minimum absolute atomic E-state index is 0.119. The maximum absolute atomic E-state index is 12.0. The molecule has 0 saturated carbocycles. The first-order chi connectivity index (χ1) is 11.9. The molecule has 2 saturated heterocycles. The van der Waals surface area contributed by atoms with Crippen LogP contribution >= 0.6 is 11.8 Å². The fourth-order valence-corrected chi connectivity index (χ4v) is 4.07. The van der Waals surface area contributed by atoms with Crippen LogP contribution in [0.4, 0.5) is 5.82 Å². The molecular weight excluding hydrogens is 350 g/mol. The van der Waals surface area contributed by atoms with Gasteiger partial charge in [-0.3, -0.25) is 9.36 Å². The number of epoxide rings is 1. The second-order valence-electron chi connectivity index (χ2n) is 6.02. The van der Waals surface area contributed by atoms with Gasteiger partial charge in [0, 0.05) is 19.1 Å². The molecule has 5 atom stereocenters. The van der Waals surface area contributed by atoms with Crippen molar-refractivity contribution in [2.75, 3.05) is 18.6 Å². The molecule has 25 heavy (non-hydrogen) atoms. The Kier molecular flexibility index (Phi) is 5.05. The van der Waals surface area contributed by atoms with Gasteiger partial charge in [0.15, 0.2) is 0 Å². The van der Waals surface area contributed by atoms with Gasteiger partial charge in [-0.05, 0) is 12.5 Å². The molecule has 0 aliphatic carbocycles. The first-order valence-corrected chi connectivity index (χ1v) is 9.01. The van der Waals surface area contributed by atoms with Gasteiger partial charge in [-0.15, -0.1) is 11.8 Å². The number of anilines is 1. The topological polar surface area (TPSA) is 129 Å². The van der Waals surface area contributed by atoms with Gasteiger partial charge in [-0.25, -0.2) is 4.79 Å². The molecule has 2 aliphatic heterocycles. The van der Waals surface area contributed by atoms with E-state index in [1.165, 1.54) is 35.7 Å². The molecule has 9 nitrogen and oxygen atoms in total. The average Bonchev–Trinajstić information content (AvgIpc) is 3.31. The van der Waals surface area contributed by atoms with Gasteiger partial charge in [-0.1, -0.05) is 6.92 Å². The van der Waals surface area contributed by atoms with Crippen molar-refractivity contribution in [3.05, 3.63) is 22.7 Å². The lowest BCUT2D eigenvalue weighted by molar-refractivity contribution is -0.250. The summed E-state index contributed by atoms with van der Waals surface area (Å²) in [7, 11) is 1.50. The summed E-state index contributed by atoms with van der Waals surface area (Å²) in [5.74, 6) is -1.31. The van der Waals surface area contributed by atoms with Gasteiger partial charge in [0.05, 0.1) is 12.6 Å². The molecule has 138 valence electrons. The van der Waals surface area contributed by atoms with Gasteiger partial charge < -0.3 is 25.1 Å². The van der Waals surface area contributed by atoms with Crippen molar-refractivity contribution in [2.45, 2.75) is 49.2 Å². The number of carboxylic acid groups (broad SMARTS) is 1. The summed E-state index contributed by atoms with van der Waals surface area (Å²) >= 11 is 1.32. The standard InChI is InChI=1S/C15H21N3O6S/c1-3-9(13(19)20)25-6-8-11-12(23-11)15(22-2,24-8)7-18-5-4-10(16)17-14(18)21/h4-5,8-9,11-12H,3,6-7H2,1-2H3,(H,19,20)(H2,16,17,21)/t8-,9?,11+,12+,15+/m1/s1. The van der Waals surface area contributed by atoms with Crippen LogP contribution in [-0.4, -0.2) is 62.8 Å². The van der Waals surface area contributed by atoms with E-state index in [-0.39, 0.29) is 30.7 Å². The van der Waals surface area contributed by atoms with Crippen LogP contribution in [0.1, 0.15) is 13.3 Å². The molecule has 0 amide bonds. The number of aromatic nitrogens is 2. The molecule has 1 unspecified atom stereocenters. The Labute approximate surface area is 148 Å². The van der Waals surface area contributed by atoms with Crippen molar-refractivity contribution in [2.24, 2.45) is 0 Å². The molecule has 2 fully saturated rings. The summed E-state index contributed by atoms with van der Waals surface area (Å²) in [6.45, 7) is 1.95. The SMILES string of the molecule is CCC(SC[C@H]1O[C@](Cn2ccc(N)nc2=O)(OC)[C@H]2O[C@@H]12)C(=O)O. The molecule has 2 aliphatic rings. The van der Waals surface area contributed by atoms with Crippen LogP contribution in [0.15, 0.2) is 17.1 Å². The van der Waals surface area contributed by atoms with Gasteiger partial charge in [0.1, 0.15) is 23.3 Å². The van der Waals surface area contributed by atoms with Crippen molar-refractivity contribution < 1.29 is 24.1 Å². The minimum atomic E-state index is -1.09. The van der Waals surface area contributed by atoms with E-state index in [4.69, 9.17) is 25.1 Å². The van der Waals surface area contributed by atoms with E-state index in [2.05, 4.69) is 4.98 Å². The second-order valence-corrected chi connectivity index (χ2v) is 7.26. The Morgan fingerprint density at radius 1 is 1.64 bits per heavy atom. The van der Waals surface area contributed by atoms with Crippen molar-refractivity contribution >= 4 is 23.5 Å². The predicted octanol–water partition coefficient (Wildman–Crippen LogP) is -0.0692. The fourth-order valence-electron chi connectivity index (χ4n) is 3.01. The summed E-state index contributed by atoms with van der Waals surface area (Å²) in [6, 6.07) is 1.52. The third kappa shape index (κ3) is 3.52. The highest BCUT2D eigenvalue weighted by Crippen LogP contribution is 2.48. The van der Waals surface area contributed by atoms with Crippen LogP contribution in [0.5, 0.6) is 0 Å². The quantitative estimate of drug-likeness (QED) is 0.603. The lowest BCUT2D eigenvalue weighted by atomic mass is 10.1. The molecule has 0 spiro atoms. The molecule has 0 bridgehead atoms. The first-order valence-electron chi connectivity index (χ1n) is 7.96. The average molecular weight is 371 g/mol. The number of nitrogen functional groups attached to an aromatic ring is 1. The Hall–Kier alpha value is -1.62. The van der Waals surface area contributed by atoms with E-state index < -0.39 is 22.7 Å². The maximum atomic E-state index is 12.0. The number of fused-ring (bicyclic) bond motifs is 1. The highest BCUT2D eigenvalue weighted by atomic mass is 32.2. The number of thioether (sulfide) groups is 1. The van der Waals surface area contributed by atoms with E-state index in [1.807, 2.05) is 6.92 Å². The number of hydrogen-bond acceptors (Lipinski definition) is 8. The summed E-state index contributed by atoms with van der Waals surface area (Å²) in [5, 5.41) is 8.66. The van der Waals surface area contributed by atoms with Crippen molar-refractivity contribution in [3.63, 3.8) is 0 Å². The molecule has 0 aromatic carbocycles. The zero-order valence-electron chi connectivity index (χ0n) is 14.0. The predicted molar refractivity (Wildman–Crippen MR) is 90.4 cm³/mol. The van der Waals surface area contributed by atoms with E-state index >= 15 is 0 Å². The van der Waals surface area contributed by atoms with Crippen LogP contribution in [0, 0.1) is 0 Å². The number of methoxy groups -OCH3 is 1. The molecule has 3 N–H and O–H groups in total. The first kappa shape index (κ1) is 18.2. The van der Waals surface area contributed by atoms with Crippen molar-refractivity contribution in [3.8, 4) is 0 Å². The Bertz CT molecular complexity index is 713. The molecule has 1 aromatic rings. The molecule has 10 heteroatoms. The van der Waals surface area contributed by atoms with Gasteiger partial charge >= 0.3 is 11.7 Å². The third-order valence-electron chi connectivity index (χ3n) is 4.42. The van der Waals surface area contributed by atoms with Crippen molar-refractivity contribution in [1.82, 2.24) is 9.55 Å². The lowest BCUT2D eigenvalue weighted by Crippen LogP contribution is -2.46. The molecule has 0 radical (unpaired) electrons. The normalized spacial score (nSPS) is 31.5. The number of carboxylic acids is 1. The number of ether oxygens (including phenoxy) is 3. The Morgan fingerprint density at radius 3 is 3.00 bits per heavy atom. The van der Waals surface area contributed by atoms with Crippen LogP contribution in [0.2, 0.25) is 0 Å². The maximum Gasteiger partial charge on any atom is 0.349 e. The van der Waals surface area contributed by atoms with Gasteiger partial charge in [0.2, 0.25) is 5.79 Å². The van der Waals surface area contributed by atoms with Crippen molar-refractivity contribution in [1.29, 1.82) is 0 Å². The zero-order valence-corrected chi connectivity index (χ0v) is 14.8. The third-order valence-corrected chi connectivity index (χ3v) is 5.87. The Morgan fingerprint density at radius 2 is 2.40 bits per heavy atom. The highest BCUT2D eigenvalue weighted by molar-refractivity contribution is 8.00. The van der Waals surface area contributed by atoms with Gasteiger partial charge in [-0.2, -0.15) is 4.98 Å². The molecule has 3 rings (SSSR count). The van der Waals surface area contributed by atoms with Gasteiger partial charge in [0.25, 0.3) is 0 Å². The van der Waals surface area contributed by atoms with Crippen LogP contribution < -0.4 is 11.4 Å². The number of hydrogen-bond donors (Lipinski definition) is 2. The van der Waals surface area contributed by atoms with Crippen LogP contribution in [0.25, 0.3) is 0 Å². The number of nitrogens with two attached hydrogens (primary N) is 1. The molecular formula is C15H21N3O6S. The van der Waals surface area contributed by atoms with E-state index in [0.717, 1.165) is 0 Å². The summed E-state index contributed by atoms with van der Waals surface area (Å²) in [6.07, 6.45) is 1.32. The zero-order chi connectivity index (χ0) is 18.2. The van der Waals surface area contributed by atoms with E-state index in [9.17, 15) is 9.59 Å². The molecule has 1 aromatic heterocycles. The summed E-state index contributed by atoms with van der Waals surface area (Å²) in [4.78, 5) is 26.8. The van der Waals surface area contributed by atoms with E-state index in [1.54, 1.807) is 0 Å². The smallest absolute Gasteiger partial charge is 0.349 e. The largest absolute Gasteiger partial charge is 0.480 e. The number of carbonyl (C=O) groups is 1. The number of rotatable bonds is 8. The summed E-state index contributed by atoms with van der Waals surface area (Å²) in [5.41, 5.74) is 5.01. The van der Waals surface area contributed by atoms with Crippen LogP contribution in [0.3, 0.4) is 0 Å². The second kappa shape index (κ2) is 6.94. The Balaban J connectivity index is 1.69. The summed E-state index contributed by atoms with van der Waals surface area (Å²) < 4.78 is 18.6. The number of nitrogens with zero attached hydrogens (tertiary/aromatic N) is 2. The highest BCUT2D eigenvalue weighted by Gasteiger charge is 2.67. The number of aliphatic carboxylic acids is 1. The van der Waals surface area contributed by atoms with E-state index in [0.29, 0.717) is 12.2 Å². The minimum Gasteiger partial charge on any atom is -0.480 e. The fraction of sp³-hybridized carbons (Fsp3) is 0.667.